The van der Waals surface area contributed by atoms with Crippen molar-refractivity contribution in [3.8, 4) is 0 Å². The molecule has 1 aromatic carbocycles. The van der Waals surface area contributed by atoms with Crippen LogP contribution in [0.3, 0.4) is 0 Å². The van der Waals surface area contributed by atoms with Gasteiger partial charge < -0.3 is 4.74 Å². The quantitative estimate of drug-likeness (QED) is 0.265. The summed E-state index contributed by atoms with van der Waals surface area (Å²) in [5, 5.41) is 0. The Morgan fingerprint density at radius 3 is 2.37 bits per heavy atom. The highest BCUT2D eigenvalue weighted by Gasteiger charge is 2.61. The smallest absolute Gasteiger partial charge is 0.338 e. The van der Waals surface area contributed by atoms with Crippen LogP contribution in [-0.2, 0) is 4.74 Å². The van der Waals surface area contributed by atoms with E-state index < -0.39 is 0 Å². The summed E-state index contributed by atoms with van der Waals surface area (Å²) in [4.78, 5) is 13.0. The molecule has 4 aliphatic rings. The molecule has 38 heavy (non-hydrogen) atoms. The highest BCUT2D eigenvalue weighted by Crippen LogP contribution is 2.69. The van der Waals surface area contributed by atoms with Crippen molar-refractivity contribution in [2.45, 2.75) is 119 Å². The van der Waals surface area contributed by atoms with E-state index in [4.69, 9.17) is 4.74 Å². The molecule has 3 saturated carbocycles. The van der Waals surface area contributed by atoms with Crippen molar-refractivity contribution in [2.75, 3.05) is 0 Å². The van der Waals surface area contributed by atoms with E-state index in [1.165, 1.54) is 51.4 Å². The predicted octanol–water partition coefficient (Wildman–Crippen LogP) is 9.89. The van der Waals surface area contributed by atoms with Gasteiger partial charge in [0.1, 0.15) is 6.10 Å². The second-order valence-electron chi connectivity index (χ2n) is 15.2. The summed E-state index contributed by atoms with van der Waals surface area (Å²) in [7, 11) is 0. The molecular weight excluding hydrogens is 464 g/mol. The molecule has 0 bridgehead atoms. The first-order chi connectivity index (χ1) is 18.0. The number of carbonyl (C=O) groups is 1. The average molecular weight is 519 g/mol. The van der Waals surface area contributed by atoms with Crippen molar-refractivity contribution in [1.29, 1.82) is 0 Å². The van der Waals surface area contributed by atoms with Crippen molar-refractivity contribution in [1.82, 2.24) is 0 Å². The maximum Gasteiger partial charge on any atom is 0.338 e. The van der Waals surface area contributed by atoms with Crippen LogP contribution in [-0.4, -0.2) is 12.1 Å². The molecule has 210 valence electrons. The summed E-state index contributed by atoms with van der Waals surface area (Å²) in [6, 6.07) is 9.52. The number of allylic oxidation sites excluding steroid dienone is 1. The summed E-state index contributed by atoms with van der Waals surface area (Å²) in [5.41, 5.74) is 2.90. The van der Waals surface area contributed by atoms with E-state index in [0.717, 1.165) is 48.3 Å². The zero-order chi connectivity index (χ0) is 27.3. The summed E-state index contributed by atoms with van der Waals surface area (Å²) >= 11 is 0. The van der Waals surface area contributed by atoms with Crippen LogP contribution in [0.2, 0.25) is 0 Å². The Bertz CT molecular complexity index is 1020. The van der Waals surface area contributed by atoms with Crippen LogP contribution in [0.5, 0.6) is 0 Å². The molecule has 0 heterocycles. The van der Waals surface area contributed by atoms with E-state index in [1.807, 2.05) is 30.3 Å². The zero-order valence-corrected chi connectivity index (χ0v) is 25.4. The summed E-state index contributed by atoms with van der Waals surface area (Å²) in [5.74, 6) is 4.91. The van der Waals surface area contributed by atoms with Gasteiger partial charge in [0.2, 0.25) is 0 Å². The molecular formula is C36H54O2. The molecule has 0 radical (unpaired) electrons. The maximum absolute atomic E-state index is 13.0. The Morgan fingerprint density at radius 1 is 0.921 bits per heavy atom. The Labute approximate surface area is 233 Å². The fourth-order valence-corrected chi connectivity index (χ4v) is 10.4. The van der Waals surface area contributed by atoms with Crippen molar-refractivity contribution >= 4 is 5.97 Å². The largest absolute Gasteiger partial charge is 0.458 e. The lowest BCUT2D eigenvalue weighted by molar-refractivity contribution is -0.0827. The third-order valence-electron chi connectivity index (χ3n) is 12.3. The monoisotopic (exact) mass is 518 g/mol. The van der Waals surface area contributed by atoms with Crippen molar-refractivity contribution in [2.24, 2.45) is 51.8 Å². The Morgan fingerprint density at radius 2 is 1.66 bits per heavy atom. The number of ether oxygens (including phenoxy) is 1. The van der Waals surface area contributed by atoms with Crippen LogP contribution < -0.4 is 0 Å². The first kappa shape index (κ1) is 28.0. The topological polar surface area (TPSA) is 26.3 Å². The van der Waals surface area contributed by atoms with E-state index in [2.05, 4.69) is 54.5 Å². The standard InChI is InChI=1S/C36H54O2/c1-24(2)12-11-13-25(3)28-17-18-29-27-16-19-31-34(4,5)32(38-33(37)26-14-9-8-10-15-26)21-23-36(31,7)30(27)20-22-35(28,29)6/h8-10,14-15,19,24-25,27-30,32H,11-13,16-18,20-23H2,1-7H3. The van der Waals surface area contributed by atoms with Gasteiger partial charge in [0.05, 0.1) is 5.56 Å². The second-order valence-corrected chi connectivity index (χ2v) is 15.2. The molecule has 5 rings (SSSR count). The highest BCUT2D eigenvalue weighted by atomic mass is 16.5. The SMILES string of the molecule is CC(C)CCCC(C)C1CCC2C3CC=C4C(C)(C)C(OC(=O)c5ccccc5)CCC4(C)C3CCC12C. The summed E-state index contributed by atoms with van der Waals surface area (Å²) < 4.78 is 6.22. The molecule has 0 aliphatic heterocycles. The lowest BCUT2D eigenvalue weighted by Crippen LogP contribution is -2.55. The Hall–Kier alpha value is -1.57. The van der Waals surface area contributed by atoms with E-state index in [0.29, 0.717) is 11.0 Å². The minimum Gasteiger partial charge on any atom is -0.458 e. The molecule has 0 saturated heterocycles. The molecule has 3 fully saturated rings. The third kappa shape index (κ3) is 4.71. The lowest BCUT2D eigenvalue weighted by atomic mass is 9.44. The van der Waals surface area contributed by atoms with Gasteiger partial charge in [-0.2, -0.15) is 0 Å². The predicted molar refractivity (Wildman–Crippen MR) is 158 cm³/mol. The van der Waals surface area contributed by atoms with E-state index >= 15 is 0 Å². The van der Waals surface area contributed by atoms with Gasteiger partial charge in [-0.15, -0.1) is 0 Å². The van der Waals surface area contributed by atoms with Gasteiger partial charge in [0.25, 0.3) is 0 Å². The normalized spacial score (nSPS) is 38.5. The van der Waals surface area contributed by atoms with Crippen molar-refractivity contribution in [3.05, 3.63) is 47.5 Å². The van der Waals surface area contributed by atoms with Gasteiger partial charge in [0, 0.05) is 5.41 Å². The van der Waals surface area contributed by atoms with Crippen LogP contribution in [0.1, 0.15) is 123 Å². The van der Waals surface area contributed by atoms with Crippen molar-refractivity contribution in [3.63, 3.8) is 0 Å². The van der Waals surface area contributed by atoms with E-state index in [1.54, 1.807) is 5.57 Å². The average Bonchev–Trinajstić information content (AvgIpc) is 3.23. The minimum atomic E-state index is -0.172. The minimum absolute atomic E-state index is 0.0533. The number of esters is 1. The van der Waals surface area contributed by atoms with Crippen LogP contribution in [0.15, 0.2) is 42.0 Å². The number of carbonyl (C=O) groups excluding carboxylic acids is 1. The van der Waals surface area contributed by atoms with Gasteiger partial charge in [-0.05, 0) is 103 Å². The fraction of sp³-hybridized carbons (Fsp3) is 0.750. The van der Waals surface area contributed by atoms with E-state index in [-0.39, 0.29) is 22.9 Å². The number of fused-ring (bicyclic) bond motifs is 5. The van der Waals surface area contributed by atoms with E-state index in [9.17, 15) is 4.79 Å². The molecule has 1 aromatic rings. The molecule has 4 aliphatic carbocycles. The second kappa shape index (κ2) is 10.4. The Balaban J connectivity index is 1.32. The molecule has 0 amide bonds. The number of hydrogen-bond acceptors (Lipinski definition) is 2. The summed E-state index contributed by atoms with van der Waals surface area (Å²) in [6.07, 6.45) is 15.8. The fourth-order valence-electron chi connectivity index (χ4n) is 10.4. The number of rotatable bonds is 7. The number of benzene rings is 1. The van der Waals surface area contributed by atoms with Crippen LogP contribution >= 0.6 is 0 Å². The molecule has 8 unspecified atom stereocenters. The third-order valence-corrected chi connectivity index (χ3v) is 12.3. The lowest BCUT2D eigenvalue weighted by Gasteiger charge is -2.61. The maximum atomic E-state index is 13.0. The van der Waals surface area contributed by atoms with Gasteiger partial charge in [-0.3, -0.25) is 0 Å². The molecule has 0 spiro atoms. The molecule has 0 aromatic heterocycles. The van der Waals surface area contributed by atoms with Gasteiger partial charge in [-0.25, -0.2) is 4.79 Å². The molecule has 0 N–H and O–H groups in total. The summed E-state index contributed by atoms with van der Waals surface area (Å²) in [6.45, 7) is 17.3. The molecule has 8 atom stereocenters. The molecule has 2 heteroatoms. The van der Waals surface area contributed by atoms with Crippen LogP contribution in [0.25, 0.3) is 0 Å². The van der Waals surface area contributed by atoms with Crippen molar-refractivity contribution < 1.29 is 9.53 Å². The zero-order valence-electron chi connectivity index (χ0n) is 25.4. The number of hydrogen-bond donors (Lipinski definition) is 0. The first-order valence-electron chi connectivity index (χ1n) is 16.0. The van der Waals surface area contributed by atoms with Gasteiger partial charge >= 0.3 is 5.97 Å². The van der Waals surface area contributed by atoms with Crippen LogP contribution in [0.4, 0.5) is 0 Å². The highest BCUT2D eigenvalue weighted by molar-refractivity contribution is 5.89. The molecule has 2 nitrogen and oxygen atoms in total. The van der Waals surface area contributed by atoms with Crippen LogP contribution in [0, 0.1) is 51.8 Å². The Kier molecular flexibility index (Phi) is 7.69. The van der Waals surface area contributed by atoms with Gasteiger partial charge in [0.15, 0.2) is 0 Å². The van der Waals surface area contributed by atoms with Gasteiger partial charge in [-0.1, -0.05) is 97.6 Å². The first-order valence-corrected chi connectivity index (χ1v) is 16.0.